The Morgan fingerprint density at radius 2 is 2.07 bits per heavy atom. The largest absolute Gasteiger partial charge is 0.491 e. The van der Waals surface area contributed by atoms with Gasteiger partial charge in [0.05, 0.1) is 24.1 Å². The van der Waals surface area contributed by atoms with Crippen LogP contribution in [0.5, 0.6) is 5.75 Å². The summed E-state index contributed by atoms with van der Waals surface area (Å²) in [6.45, 7) is 2.66. The van der Waals surface area contributed by atoms with Gasteiger partial charge in [0.1, 0.15) is 18.1 Å². The van der Waals surface area contributed by atoms with Gasteiger partial charge in [0.25, 0.3) is 5.91 Å². The molecule has 1 saturated heterocycles. The number of rotatable bonds is 6. The van der Waals surface area contributed by atoms with E-state index >= 15 is 0 Å². The molecule has 2 aliphatic rings. The van der Waals surface area contributed by atoms with Crippen molar-refractivity contribution in [1.29, 1.82) is 0 Å². The first-order valence-electron chi connectivity index (χ1n) is 9.31. The van der Waals surface area contributed by atoms with Crippen molar-refractivity contribution in [2.75, 3.05) is 31.7 Å². The lowest BCUT2D eigenvalue weighted by molar-refractivity contribution is -0.134. The predicted molar refractivity (Wildman–Crippen MR) is 105 cm³/mol. The quantitative estimate of drug-likeness (QED) is 0.701. The third kappa shape index (κ3) is 4.70. The predicted octanol–water partition coefficient (Wildman–Crippen LogP) is 0.998. The first-order chi connectivity index (χ1) is 13.3. The molecule has 0 N–H and O–H groups in total. The van der Waals surface area contributed by atoms with Crippen LogP contribution in [0.3, 0.4) is 0 Å². The molecule has 0 bridgehead atoms. The molecule has 1 fully saturated rings. The molecule has 0 aromatic heterocycles. The second-order valence-corrected chi connectivity index (χ2v) is 9.41. The molecular formula is C19H25N3O5S. The summed E-state index contributed by atoms with van der Waals surface area (Å²) < 4.78 is 29.1. The van der Waals surface area contributed by atoms with E-state index in [1.165, 1.54) is 9.91 Å². The van der Waals surface area contributed by atoms with Crippen LogP contribution in [-0.4, -0.2) is 73.6 Å². The van der Waals surface area contributed by atoms with Gasteiger partial charge >= 0.3 is 0 Å². The number of hydrogen-bond acceptors (Lipinski definition) is 6. The van der Waals surface area contributed by atoms with Crippen molar-refractivity contribution >= 4 is 27.4 Å². The summed E-state index contributed by atoms with van der Waals surface area (Å²) in [6, 6.07) is 7.18. The highest BCUT2D eigenvalue weighted by molar-refractivity contribution is 7.91. The molecule has 0 aliphatic carbocycles. The Bertz CT molecular complexity index is 897. The SMILES string of the molecule is Cc1ccccc1OCCN(C)C(=O)C1=NN([C@H]2CCS(=O)(=O)C2)C(=O)CC1. The van der Waals surface area contributed by atoms with Crippen molar-refractivity contribution in [1.82, 2.24) is 9.91 Å². The minimum absolute atomic E-state index is 0.0520. The first-order valence-corrected chi connectivity index (χ1v) is 11.1. The fourth-order valence-corrected chi connectivity index (χ4v) is 5.00. The molecule has 0 unspecified atom stereocenters. The summed E-state index contributed by atoms with van der Waals surface area (Å²) in [4.78, 5) is 26.4. The van der Waals surface area contributed by atoms with E-state index in [1.807, 2.05) is 31.2 Å². The van der Waals surface area contributed by atoms with E-state index < -0.39 is 15.9 Å². The maximum atomic E-state index is 12.7. The first kappa shape index (κ1) is 20.3. The number of carbonyl (C=O) groups excluding carboxylic acids is 2. The van der Waals surface area contributed by atoms with Crippen molar-refractivity contribution in [2.24, 2.45) is 5.10 Å². The van der Waals surface area contributed by atoms with E-state index in [9.17, 15) is 18.0 Å². The average molecular weight is 407 g/mol. The lowest BCUT2D eigenvalue weighted by atomic mass is 10.1. The second-order valence-electron chi connectivity index (χ2n) is 7.18. The fraction of sp³-hybridized carbons (Fsp3) is 0.526. The molecule has 9 heteroatoms. The van der Waals surface area contributed by atoms with Gasteiger partial charge in [-0.25, -0.2) is 13.4 Å². The molecule has 0 radical (unpaired) electrons. The van der Waals surface area contributed by atoms with Gasteiger partial charge in [-0.3, -0.25) is 9.59 Å². The minimum atomic E-state index is -3.14. The van der Waals surface area contributed by atoms with E-state index in [4.69, 9.17) is 4.74 Å². The Morgan fingerprint density at radius 1 is 1.32 bits per heavy atom. The van der Waals surface area contributed by atoms with Crippen LogP contribution in [0, 0.1) is 6.92 Å². The van der Waals surface area contributed by atoms with Gasteiger partial charge < -0.3 is 9.64 Å². The molecule has 2 aliphatic heterocycles. The van der Waals surface area contributed by atoms with Crippen LogP contribution in [0.1, 0.15) is 24.8 Å². The maximum Gasteiger partial charge on any atom is 0.269 e. The Labute approximate surface area is 165 Å². The Balaban J connectivity index is 1.60. The van der Waals surface area contributed by atoms with Gasteiger partial charge in [-0.1, -0.05) is 18.2 Å². The fourth-order valence-electron chi connectivity index (χ4n) is 3.31. The molecule has 0 spiro atoms. The van der Waals surface area contributed by atoms with Gasteiger partial charge in [-0.2, -0.15) is 5.10 Å². The average Bonchev–Trinajstić information content (AvgIpc) is 3.02. The highest BCUT2D eigenvalue weighted by atomic mass is 32.2. The summed E-state index contributed by atoms with van der Waals surface area (Å²) in [5, 5.41) is 5.42. The van der Waals surface area contributed by atoms with Gasteiger partial charge in [-0.05, 0) is 25.0 Å². The van der Waals surface area contributed by atoms with Crippen LogP contribution in [-0.2, 0) is 19.4 Å². The number of para-hydroxylation sites is 1. The van der Waals surface area contributed by atoms with Gasteiger partial charge in [0.2, 0.25) is 5.91 Å². The summed E-state index contributed by atoms with van der Waals surface area (Å²) in [6.07, 6.45) is 0.782. The van der Waals surface area contributed by atoms with Gasteiger partial charge in [0.15, 0.2) is 9.84 Å². The number of benzene rings is 1. The topological polar surface area (TPSA) is 96.3 Å². The molecule has 152 valence electrons. The van der Waals surface area contributed by atoms with Crippen LogP contribution in [0.4, 0.5) is 0 Å². The Kier molecular flexibility index (Phi) is 6.02. The second kappa shape index (κ2) is 8.30. The van der Waals surface area contributed by atoms with Crippen molar-refractivity contribution in [2.45, 2.75) is 32.2 Å². The molecule has 0 saturated carbocycles. The molecule has 8 nitrogen and oxygen atoms in total. The number of amides is 2. The number of hydrazone groups is 1. The lowest BCUT2D eigenvalue weighted by Crippen LogP contribution is -2.44. The monoisotopic (exact) mass is 407 g/mol. The number of ether oxygens (including phenoxy) is 1. The normalized spacial score (nSPS) is 21.4. The van der Waals surface area contributed by atoms with Crippen molar-refractivity contribution in [3.8, 4) is 5.75 Å². The summed E-state index contributed by atoms with van der Waals surface area (Å²) in [5.74, 6) is 0.230. The molecule has 2 amide bonds. The highest BCUT2D eigenvalue weighted by Crippen LogP contribution is 2.22. The summed E-state index contributed by atoms with van der Waals surface area (Å²) >= 11 is 0. The number of aryl methyl sites for hydroxylation is 1. The van der Waals surface area contributed by atoms with E-state index in [1.54, 1.807) is 7.05 Å². The van der Waals surface area contributed by atoms with E-state index in [-0.39, 0.29) is 41.9 Å². The summed E-state index contributed by atoms with van der Waals surface area (Å²) in [7, 11) is -1.48. The zero-order valence-electron chi connectivity index (χ0n) is 16.1. The van der Waals surface area contributed by atoms with E-state index in [0.717, 1.165) is 11.3 Å². The number of sulfone groups is 1. The zero-order valence-corrected chi connectivity index (χ0v) is 16.9. The van der Waals surface area contributed by atoms with Crippen LogP contribution in [0.15, 0.2) is 29.4 Å². The minimum Gasteiger partial charge on any atom is -0.491 e. The van der Waals surface area contributed by atoms with Crippen molar-refractivity contribution < 1.29 is 22.7 Å². The van der Waals surface area contributed by atoms with Crippen LogP contribution in [0.25, 0.3) is 0 Å². The Hall–Kier alpha value is -2.42. The third-order valence-corrected chi connectivity index (χ3v) is 6.74. The molecule has 28 heavy (non-hydrogen) atoms. The number of nitrogens with zero attached hydrogens (tertiary/aromatic N) is 3. The summed E-state index contributed by atoms with van der Waals surface area (Å²) in [5.41, 5.74) is 1.30. The molecule has 1 atom stereocenters. The highest BCUT2D eigenvalue weighted by Gasteiger charge is 2.37. The van der Waals surface area contributed by atoms with Gasteiger partial charge in [0, 0.05) is 19.9 Å². The molecule has 1 aromatic carbocycles. The van der Waals surface area contributed by atoms with Crippen LogP contribution >= 0.6 is 0 Å². The third-order valence-electron chi connectivity index (χ3n) is 4.99. The smallest absolute Gasteiger partial charge is 0.269 e. The van der Waals surface area contributed by atoms with E-state index in [2.05, 4.69) is 5.10 Å². The molecule has 3 rings (SSSR count). The maximum absolute atomic E-state index is 12.7. The van der Waals surface area contributed by atoms with Crippen LogP contribution in [0.2, 0.25) is 0 Å². The Morgan fingerprint density at radius 3 is 2.75 bits per heavy atom. The molecule has 2 heterocycles. The number of hydrogen-bond donors (Lipinski definition) is 0. The van der Waals surface area contributed by atoms with E-state index in [0.29, 0.717) is 19.6 Å². The number of likely N-dealkylation sites (N-methyl/N-ethyl adjacent to an activating group) is 1. The van der Waals surface area contributed by atoms with Crippen LogP contribution < -0.4 is 4.74 Å². The zero-order chi connectivity index (χ0) is 20.3. The van der Waals surface area contributed by atoms with Gasteiger partial charge in [-0.15, -0.1) is 0 Å². The lowest BCUT2D eigenvalue weighted by Gasteiger charge is -2.28. The molecule has 1 aromatic rings. The van der Waals surface area contributed by atoms with Crippen molar-refractivity contribution in [3.05, 3.63) is 29.8 Å². The van der Waals surface area contributed by atoms with Crippen molar-refractivity contribution in [3.63, 3.8) is 0 Å². The number of carbonyl (C=O) groups is 2. The molecular weight excluding hydrogens is 382 g/mol. The standard InChI is InChI=1S/C19H25N3O5S/c1-14-5-3-4-6-17(14)27-11-10-21(2)19(24)16-7-8-18(23)22(20-16)15-9-12-28(25,26)13-15/h3-6,15H,7-13H2,1-2H3/t15-/m0/s1.